The number of carbonyl (C=O) groups is 1. The zero-order valence-electron chi connectivity index (χ0n) is 11.0. The Labute approximate surface area is 116 Å². The Morgan fingerprint density at radius 3 is 2.06 bits per heavy atom. The van der Waals surface area contributed by atoms with Crippen molar-refractivity contribution < 1.29 is 4.79 Å². The molecule has 4 heteroatoms. The summed E-state index contributed by atoms with van der Waals surface area (Å²) in [5.41, 5.74) is 5.89. The summed E-state index contributed by atoms with van der Waals surface area (Å²) in [4.78, 5) is 11.2. The van der Waals surface area contributed by atoms with Gasteiger partial charge in [0, 0.05) is 6.54 Å². The average molecular weight is 273 g/mol. The number of nitrogens with one attached hydrogen (secondary N) is 1. The van der Waals surface area contributed by atoms with Gasteiger partial charge in [0.25, 0.3) is 0 Å². The van der Waals surface area contributed by atoms with Crippen molar-refractivity contribution in [3.05, 3.63) is 0 Å². The minimum absolute atomic E-state index is 0. The minimum atomic E-state index is -0.00488. The van der Waals surface area contributed by atoms with E-state index in [9.17, 15) is 4.79 Å². The van der Waals surface area contributed by atoms with Gasteiger partial charge >= 0.3 is 0 Å². The SMILES string of the molecule is Cl.NCC(=O)NCCC12CC3CC(CC(C3)C1)C2. The maximum atomic E-state index is 11.2. The number of rotatable bonds is 4. The molecule has 4 aliphatic rings. The molecule has 0 heterocycles. The molecule has 0 aromatic heterocycles. The van der Waals surface area contributed by atoms with Crippen molar-refractivity contribution in [3.8, 4) is 0 Å². The van der Waals surface area contributed by atoms with Crippen LogP contribution in [0.1, 0.15) is 44.9 Å². The summed E-state index contributed by atoms with van der Waals surface area (Å²) in [6.45, 7) is 0.961. The summed E-state index contributed by atoms with van der Waals surface area (Å²) in [7, 11) is 0. The van der Waals surface area contributed by atoms with Gasteiger partial charge in [0.2, 0.25) is 5.91 Å². The van der Waals surface area contributed by atoms with E-state index in [1.165, 1.54) is 44.9 Å². The van der Waals surface area contributed by atoms with Crippen LogP contribution in [0.2, 0.25) is 0 Å². The Morgan fingerprint density at radius 2 is 1.61 bits per heavy atom. The topological polar surface area (TPSA) is 55.1 Å². The summed E-state index contributed by atoms with van der Waals surface area (Å²) in [5, 5.41) is 2.94. The summed E-state index contributed by atoms with van der Waals surface area (Å²) in [6.07, 6.45) is 9.95. The molecule has 0 radical (unpaired) electrons. The molecule has 1 amide bonds. The van der Waals surface area contributed by atoms with E-state index in [-0.39, 0.29) is 24.9 Å². The van der Waals surface area contributed by atoms with Crippen LogP contribution < -0.4 is 11.1 Å². The monoisotopic (exact) mass is 272 g/mol. The van der Waals surface area contributed by atoms with Gasteiger partial charge in [-0.25, -0.2) is 0 Å². The Kier molecular flexibility index (Phi) is 4.22. The summed E-state index contributed by atoms with van der Waals surface area (Å²) >= 11 is 0. The maximum absolute atomic E-state index is 11.2. The highest BCUT2D eigenvalue weighted by Gasteiger charge is 2.50. The van der Waals surface area contributed by atoms with Crippen LogP contribution >= 0.6 is 12.4 Å². The third kappa shape index (κ3) is 2.67. The molecule has 0 spiro atoms. The standard InChI is InChI=1S/C14H24N2O.ClH/c15-9-13(17)16-2-1-14-6-10-3-11(7-14)5-12(4-10)8-14;/h10-12H,1-9,15H2,(H,16,17);1H. The number of hydrogen-bond acceptors (Lipinski definition) is 2. The molecule has 4 rings (SSSR count). The lowest BCUT2D eigenvalue weighted by molar-refractivity contribution is -0.120. The molecule has 0 aromatic rings. The van der Waals surface area contributed by atoms with Crippen molar-refractivity contribution in [1.82, 2.24) is 5.32 Å². The minimum Gasteiger partial charge on any atom is -0.355 e. The fourth-order valence-electron chi connectivity index (χ4n) is 5.14. The van der Waals surface area contributed by atoms with Crippen LogP contribution in [-0.4, -0.2) is 19.0 Å². The first-order valence-electron chi connectivity index (χ1n) is 7.16. The Bertz CT molecular complexity index is 284. The van der Waals surface area contributed by atoms with Crippen LogP contribution in [-0.2, 0) is 4.79 Å². The molecule has 0 aliphatic heterocycles. The van der Waals surface area contributed by atoms with Crippen LogP contribution in [0.3, 0.4) is 0 Å². The lowest BCUT2D eigenvalue weighted by atomic mass is 9.49. The van der Waals surface area contributed by atoms with Crippen molar-refractivity contribution in [2.24, 2.45) is 28.9 Å². The van der Waals surface area contributed by atoms with Crippen molar-refractivity contribution in [2.45, 2.75) is 44.9 Å². The molecule has 104 valence electrons. The van der Waals surface area contributed by atoms with Crippen molar-refractivity contribution in [3.63, 3.8) is 0 Å². The number of halogens is 1. The van der Waals surface area contributed by atoms with Crippen LogP contribution in [0.25, 0.3) is 0 Å². The third-order valence-corrected chi connectivity index (χ3v) is 5.33. The van der Waals surface area contributed by atoms with Crippen LogP contribution in [0.4, 0.5) is 0 Å². The first-order valence-corrected chi connectivity index (χ1v) is 7.16. The Balaban J connectivity index is 0.00000120. The van der Waals surface area contributed by atoms with Crippen molar-refractivity contribution in [1.29, 1.82) is 0 Å². The number of nitrogens with two attached hydrogens (primary N) is 1. The number of carbonyl (C=O) groups excluding carboxylic acids is 1. The molecule has 0 unspecified atom stereocenters. The highest BCUT2D eigenvalue weighted by Crippen LogP contribution is 2.61. The molecule has 3 nitrogen and oxygen atoms in total. The van der Waals surface area contributed by atoms with Gasteiger partial charge in [-0.1, -0.05) is 0 Å². The lowest BCUT2D eigenvalue weighted by Crippen LogP contribution is -2.47. The van der Waals surface area contributed by atoms with Crippen LogP contribution in [0.5, 0.6) is 0 Å². The zero-order chi connectivity index (χ0) is 11.9. The molecule has 0 saturated heterocycles. The quantitative estimate of drug-likeness (QED) is 0.823. The van der Waals surface area contributed by atoms with E-state index in [4.69, 9.17) is 5.73 Å². The molecule has 4 saturated carbocycles. The molecule has 4 aliphatic carbocycles. The second-order valence-electron chi connectivity index (χ2n) is 6.72. The van der Waals surface area contributed by atoms with Gasteiger partial charge in [0.05, 0.1) is 6.54 Å². The largest absolute Gasteiger partial charge is 0.355 e. The second-order valence-corrected chi connectivity index (χ2v) is 6.72. The highest BCUT2D eigenvalue weighted by molar-refractivity contribution is 5.85. The van der Waals surface area contributed by atoms with E-state index >= 15 is 0 Å². The first kappa shape index (κ1) is 14.1. The van der Waals surface area contributed by atoms with Gasteiger partial charge < -0.3 is 11.1 Å². The summed E-state index contributed by atoms with van der Waals surface area (Å²) in [5.74, 6) is 3.01. The summed E-state index contributed by atoms with van der Waals surface area (Å²) < 4.78 is 0. The predicted molar refractivity (Wildman–Crippen MR) is 74.5 cm³/mol. The predicted octanol–water partition coefficient (Wildman–Crippen LogP) is 2.09. The van der Waals surface area contributed by atoms with Crippen molar-refractivity contribution >= 4 is 18.3 Å². The molecule has 0 atom stereocenters. The van der Waals surface area contributed by atoms with E-state index in [2.05, 4.69) is 5.32 Å². The van der Waals surface area contributed by atoms with E-state index < -0.39 is 0 Å². The van der Waals surface area contributed by atoms with Gasteiger partial charge in [0.15, 0.2) is 0 Å². The molecular formula is C14H25ClN2O. The fourth-order valence-corrected chi connectivity index (χ4v) is 5.14. The van der Waals surface area contributed by atoms with Crippen LogP contribution in [0, 0.1) is 23.2 Å². The molecule has 4 bridgehead atoms. The van der Waals surface area contributed by atoms with E-state index in [1.54, 1.807) is 0 Å². The van der Waals surface area contributed by atoms with Gasteiger partial charge in [-0.05, 0) is 68.1 Å². The molecule has 4 fully saturated rings. The van der Waals surface area contributed by atoms with E-state index in [0.717, 1.165) is 24.3 Å². The number of hydrogen-bond donors (Lipinski definition) is 2. The van der Waals surface area contributed by atoms with Crippen molar-refractivity contribution in [2.75, 3.05) is 13.1 Å². The second kappa shape index (κ2) is 5.38. The highest BCUT2D eigenvalue weighted by atomic mass is 35.5. The Morgan fingerprint density at radius 1 is 1.11 bits per heavy atom. The smallest absolute Gasteiger partial charge is 0.233 e. The fraction of sp³-hybridized carbons (Fsp3) is 0.929. The Hall–Kier alpha value is -0.280. The zero-order valence-corrected chi connectivity index (χ0v) is 11.8. The van der Waals surface area contributed by atoms with Gasteiger partial charge in [0.1, 0.15) is 0 Å². The maximum Gasteiger partial charge on any atom is 0.233 e. The normalized spacial score (nSPS) is 40.4. The average Bonchev–Trinajstić information content (AvgIpc) is 2.26. The van der Waals surface area contributed by atoms with Gasteiger partial charge in [-0.15, -0.1) is 12.4 Å². The molecule has 0 aromatic carbocycles. The van der Waals surface area contributed by atoms with E-state index in [0.29, 0.717) is 5.41 Å². The lowest BCUT2D eigenvalue weighted by Gasteiger charge is -2.57. The van der Waals surface area contributed by atoms with Gasteiger partial charge in [-0.3, -0.25) is 4.79 Å². The molecular weight excluding hydrogens is 248 g/mol. The summed E-state index contributed by atoms with van der Waals surface area (Å²) in [6, 6.07) is 0. The van der Waals surface area contributed by atoms with Crippen LogP contribution in [0.15, 0.2) is 0 Å². The van der Waals surface area contributed by atoms with Gasteiger partial charge in [-0.2, -0.15) is 0 Å². The number of amides is 1. The van der Waals surface area contributed by atoms with E-state index in [1.807, 2.05) is 0 Å². The third-order valence-electron chi connectivity index (χ3n) is 5.33. The molecule has 3 N–H and O–H groups in total. The molecule has 18 heavy (non-hydrogen) atoms. The first-order chi connectivity index (χ1) is 8.19.